The highest BCUT2D eigenvalue weighted by Crippen LogP contribution is 2.15. The summed E-state index contributed by atoms with van der Waals surface area (Å²) in [5.74, 6) is -3.56. The van der Waals surface area contributed by atoms with Crippen molar-refractivity contribution in [2.45, 2.75) is 12.0 Å². The first kappa shape index (κ1) is 16.9. The maximum Gasteiger partial charge on any atom is 0.345 e. The lowest BCUT2D eigenvalue weighted by atomic mass is 10.0. The van der Waals surface area contributed by atoms with E-state index in [1.165, 1.54) is 6.07 Å². The normalized spacial score (nSPS) is 20.2. The fourth-order valence-electron chi connectivity index (χ4n) is 1.52. The van der Waals surface area contributed by atoms with Crippen LogP contribution in [-0.4, -0.2) is 40.1 Å². The Kier molecular flexibility index (Phi) is 5.23. The van der Waals surface area contributed by atoms with Crippen molar-refractivity contribution < 1.29 is 29.0 Å². The number of nitrogens with two attached hydrogens (primary N) is 1. The van der Waals surface area contributed by atoms with E-state index in [2.05, 4.69) is 5.32 Å². The number of halogens is 2. The Morgan fingerprint density at radius 3 is 2.33 bits per heavy atom. The van der Waals surface area contributed by atoms with Crippen molar-refractivity contribution in [3.8, 4) is 0 Å². The molecule has 5 N–H and O–H groups in total. The van der Waals surface area contributed by atoms with E-state index < -0.39 is 29.2 Å². The van der Waals surface area contributed by atoms with E-state index in [4.69, 9.17) is 27.5 Å². The number of carbonyl (C=O) groups is 3. The van der Waals surface area contributed by atoms with Gasteiger partial charge < -0.3 is 21.3 Å². The molecule has 9 heteroatoms. The van der Waals surface area contributed by atoms with Gasteiger partial charge in [-0.15, -0.1) is 0 Å². The highest BCUT2D eigenvalue weighted by atomic mass is 35.5. The zero-order valence-electron chi connectivity index (χ0n) is 10.6. The molecule has 1 unspecified atom stereocenters. The standard InChI is InChI=1S/C7H5ClFNO.C5H7NO4/c8-5-1-4(7(10)11)2-6(9)3-5;7-3-5(10,4(8)9)1-2-6-3/h1-3H,(H2,10,11);10H,1-2H2,(H,6,7)(H,8,9). The van der Waals surface area contributed by atoms with Crippen LogP contribution < -0.4 is 11.1 Å². The molecule has 1 saturated heterocycles. The van der Waals surface area contributed by atoms with Crippen LogP contribution in [0.4, 0.5) is 4.39 Å². The molecule has 1 fully saturated rings. The van der Waals surface area contributed by atoms with Crippen LogP contribution in [0.3, 0.4) is 0 Å². The Balaban J connectivity index is 0.000000211. The van der Waals surface area contributed by atoms with Crippen LogP contribution in [0.25, 0.3) is 0 Å². The van der Waals surface area contributed by atoms with Gasteiger partial charge in [0.25, 0.3) is 5.91 Å². The molecule has 1 aromatic carbocycles. The van der Waals surface area contributed by atoms with Gasteiger partial charge in [-0.05, 0) is 18.2 Å². The minimum atomic E-state index is -2.18. The number of hydrogen-bond acceptors (Lipinski definition) is 4. The average Bonchev–Trinajstić information content (AvgIpc) is 2.70. The molecule has 1 aliphatic rings. The second-order valence-corrected chi connectivity index (χ2v) is 4.63. The molecule has 2 rings (SSSR count). The molecule has 0 aliphatic carbocycles. The van der Waals surface area contributed by atoms with Crippen LogP contribution in [0.2, 0.25) is 5.02 Å². The van der Waals surface area contributed by atoms with Gasteiger partial charge in [-0.25, -0.2) is 9.18 Å². The number of primary amides is 1. The molecule has 0 radical (unpaired) electrons. The van der Waals surface area contributed by atoms with Crippen LogP contribution in [0.1, 0.15) is 16.8 Å². The lowest BCUT2D eigenvalue weighted by molar-refractivity contribution is -0.163. The summed E-state index contributed by atoms with van der Waals surface area (Å²) in [6, 6.07) is 3.45. The number of aliphatic hydroxyl groups is 1. The van der Waals surface area contributed by atoms with Crippen LogP contribution >= 0.6 is 11.6 Å². The van der Waals surface area contributed by atoms with Crippen molar-refractivity contribution in [2.75, 3.05) is 6.54 Å². The Labute approximate surface area is 123 Å². The number of aliphatic carboxylic acids is 1. The summed E-state index contributed by atoms with van der Waals surface area (Å²) in [5.41, 5.74) is 2.79. The van der Waals surface area contributed by atoms with Crippen molar-refractivity contribution >= 4 is 29.4 Å². The number of amides is 2. The lowest BCUT2D eigenvalue weighted by Gasteiger charge is -2.11. The SMILES string of the molecule is NC(=O)c1cc(F)cc(Cl)c1.O=C(O)C1(O)CCNC1=O. The summed E-state index contributed by atoms with van der Waals surface area (Å²) >= 11 is 5.45. The summed E-state index contributed by atoms with van der Waals surface area (Å²) in [7, 11) is 0. The maximum atomic E-state index is 12.5. The third kappa shape index (κ3) is 4.14. The van der Waals surface area contributed by atoms with Crippen LogP contribution in [-0.2, 0) is 9.59 Å². The topological polar surface area (TPSA) is 130 Å². The van der Waals surface area contributed by atoms with Crippen molar-refractivity contribution in [1.82, 2.24) is 5.32 Å². The number of rotatable bonds is 2. The largest absolute Gasteiger partial charge is 0.479 e. The number of carboxylic acid groups (broad SMARTS) is 1. The number of hydrogen-bond donors (Lipinski definition) is 4. The van der Waals surface area contributed by atoms with Gasteiger partial charge in [0.2, 0.25) is 11.5 Å². The average molecular weight is 319 g/mol. The Morgan fingerprint density at radius 1 is 1.38 bits per heavy atom. The van der Waals surface area contributed by atoms with Crippen LogP contribution in [0.15, 0.2) is 18.2 Å². The van der Waals surface area contributed by atoms with Gasteiger partial charge in [-0.1, -0.05) is 11.6 Å². The zero-order valence-corrected chi connectivity index (χ0v) is 11.4. The third-order valence-corrected chi connectivity index (χ3v) is 2.87. The summed E-state index contributed by atoms with van der Waals surface area (Å²) < 4.78 is 12.5. The van der Waals surface area contributed by atoms with E-state index in [0.717, 1.165) is 12.1 Å². The van der Waals surface area contributed by atoms with Gasteiger partial charge in [-0.2, -0.15) is 0 Å². The van der Waals surface area contributed by atoms with Crippen molar-refractivity contribution in [3.05, 3.63) is 34.6 Å². The van der Waals surface area contributed by atoms with Gasteiger partial charge in [-0.3, -0.25) is 9.59 Å². The molecule has 1 aliphatic heterocycles. The third-order valence-electron chi connectivity index (χ3n) is 2.65. The molecule has 7 nitrogen and oxygen atoms in total. The predicted octanol–water partition coefficient (Wildman–Crippen LogP) is -0.100. The molecule has 1 atom stereocenters. The molecule has 114 valence electrons. The second kappa shape index (κ2) is 6.51. The zero-order chi connectivity index (χ0) is 16.2. The Bertz CT molecular complexity index is 575. The fraction of sp³-hybridized carbons (Fsp3) is 0.250. The number of benzene rings is 1. The number of carboxylic acids is 1. The molecule has 0 aromatic heterocycles. The summed E-state index contributed by atoms with van der Waals surface area (Å²) in [6.45, 7) is 0.224. The van der Waals surface area contributed by atoms with Gasteiger partial charge in [0.15, 0.2) is 0 Å². The van der Waals surface area contributed by atoms with E-state index in [-0.39, 0.29) is 23.6 Å². The van der Waals surface area contributed by atoms with E-state index in [0.29, 0.717) is 0 Å². The highest BCUT2D eigenvalue weighted by Gasteiger charge is 2.47. The van der Waals surface area contributed by atoms with E-state index in [1.807, 2.05) is 0 Å². The van der Waals surface area contributed by atoms with Gasteiger partial charge in [0.1, 0.15) is 5.82 Å². The number of carbonyl (C=O) groups excluding carboxylic acids is 2. The van der Waals surface area contributed by atoms with E-state index in [1.54, 1.807) is 0 Å². The minimum Gasteiger partial charge on any atom is -0.479 e. The van der Waals surface area contributed by atoms with Gasteiger partial charge >= 0.3 is 5.97 Å². The Hall–Kier alpha value is -2.19. The monoisotopic (exact) mass is 318 g/mol. The van der Waals surface area contributed by atoms with Crippen LogP contribution in [0, 0.1) is 5.82 Å². The molecule has 0 spiro atoms. The summed E-state index contributed by atoms with van der Waals surface area (Å²) in [5, 5.41) is 19.7. The van der Waals surface area contributed by atoms with Gasteiger partial charge in [0.05, 0.1) is 0 Å². The number of nitrogens with one attached hydrogen (secondary N) is 1. The lowest BCUT2D eigenvalue weighted by Crippen LogP contribution is -2.45. The minimum absolute atomic E-state index is 0.0544. The smallest absolute Gasteiger partial charge is 0.345 e. The van der Waals surface area contributed by atoms with Crippen LogP contribution in [0.5, 0.6) is 0 Å². The van der Waals surface area contributed by atoms with Crippen molar-refractivity contribution in [2.24, 2.45) is 5.73 Å². The molecule has 1 aromatic rings. The molecule has 2 amide bonds. The first-order chi connectivity index (χ1) is 9.66. The molecule has 1 heterocycles. The Morgan fingerprint density at radius 2 is 2.00 bits per heavy atom. The summed E-state index contributed by atoms with van der Waals surface area (Å²) in [6.07, 6.45) is -0.0544. The molecular weight excluding hydrogens is 307 g/mol. The van der Waals surface area contributed by atoms with E-state index in [9.17, 15) is 18.8 Å². The predicted molar refractivity (Wildman–Crippen MR) is 70.1 cm³/mol. The molecule has 0 saturated carbocycles. The first-order valence-corrected chi connectivity index (χ1v) is 6.04. The highest BCUT2D eigenvalue weighted by molar-refractivity contribution is 6.30. The molecule has 21 heavy (non-hydrogen) atoms. The maximum absolute atomic E-state index is 12.5. The second-order valence-electron chi connectivity index (χ2n) is 4.19. The van der Waals surface area contributed by atoms with E-state index >= 15 is 0 Å². The van der Waals surface area contributed by atoms with Crippen molar-refractivity contribution in [3.63, 3.8) is 0 Å². The first-order valence-electron chi connectivity index (χ1n) is 5.67. The summed E-state index contributed by atoms with van der Waals surface area (Å²) in [4.78, 5) is 31.3. The quantitative estimate of drug-likeness (QED) is 0.566. The van der Waals surface area contributed by atoms with Gasteiger partial charge in [0, 0.05) is 23.6 Å². The van der Waals surface area contributed by atoms with Crippen molar-refractivity contribution in [1.29, 1.82) is 0 Å². The molecule has 0 bridgehead atoms. The fourth-order valence-corrected chi connectivity index (χ4v) is 1.74. The molecular formula is C12H12ClFN2O5.